The summed E-state index contributed by atoms with van der Waals surface area (Å²) in [4.78, 5) is 4.40. The molecule has 1 aromatic heterocycles. The molecule has 3 N–H and O–H groups in total. The molecular weight excluding hydrogens is 266 g/mol. The van der Waals surface area contributed by atoms with Crippen LogP contribution in [0.15, 0.2) is 16.7 Å². The number of pyridine rings is 1. The van der Waals surface area contributed by atoms with E-state index in [4.69, 9.17) is 5.73 Å². The van der Waals surface area contributed by atoms with Crippen LogP contribution in [0.3, 0.4) is 0 Å². The summed E-state index contributed by atoms with van der Waals surface area (Å²) in [7, 11) is 0. The first-order valence-electron chi connectivity index (χ1n) is 5.79. The molecule has 0 amide bonds. The highest BCUT2D eigenvalue weighted by atomic mass is 79.9. The molecule has 1 heterocycles. The van der Waals surface area contributed by atoms with Gasteiger partial charge in [-0.3, -0.25) is 0 Å². The first kappa shape index (κ1) is 11.9. The second-order valence-electron chi connectivity index (χ2n) is 4.60. The second kappa shape index (κ2) is 5.15. The summed E-state index contributed by atoms with van der Waals surface area (Å²) >= 11 is 3.54. The van der Waals surface area contributed by atoms with Crippen LogP contribution in [0.2, 0.25) is 0 Å². The molecule has 16 heavy (non-hydrogen) atoms. The van der Waals surface area contributed by atoms with Gasteiger partial charge in [0.2, 0.25) is 0 Å². The SMILES string of the molecule is Cc1cnc(NC2CCC(N)CC2)c(Br)c1. The number of nitrogens with two attached hydrogens (primary N) is 1. The zero-order valence-corrected chi connectivity index (χ0v) is 11.1. The summed E-state index contributed by atoms with van der Waals surface area (Å²) in [5.74, 6) is 0.950. The van der Waals surface area contributed by atoms with Crippen LogP contribution in [0.25, 0.3) is 0 Å². The molecule has 1 fully saturated rings. The van der Waals surface area contributed by atoms with E-state index < -0.39 is 0 Å². The smallest absolute Gasteiger partial charge is 0.140 e. The summed E-state index contributed by atoms with van der Waals surface area (Å²) in [6, 6.07) is 3.00. The van der Waals surface area contributed by atoms with Crippen LogP contribution < -0.4 is 11.1 Å². The molecule has 0 spiro atoms. The van der Waals surface area contributed by atoms with E-state index in [1.807, 2.05) is 13.1 Å². The second-order valence-corrected chi connectivity index (χ2v) is 5.45. The molecule has 4 heteroatoms. The van der Waals surface area contributed by atoms with Crippen molar-refractivity contribution in [3.63, 3.8) is 0 Å². The molecular formula is C12H18BrN3. The number of halogens is 1. The van der Waals surface area contributed by atoms with Crippen molar-refractivity contribution in [1.82, 2.24) is 4.98 Å². The van der Waals surface area contributed by atoms with Crippen LogP contribution in [0, 0.1) is 6.92 Å². The third-order valence-corrected chi connectivity index (χ3v) is 3.70. The standard InChI is InChI=1S/C12H18BrN3/c1-8-6-11(13)12(15-7-8)16-10-4-2-9(14)3-5-10/h6-7,9-10H,2-5,14H2,1H3,(H,15,16). The Kier molecular flexibility index (Phi) is 3.82. The molecule has 1 aromatic rings. The number of nitrogens with zero attached hydrogens (tertiary/aromatic N) is 1. The average Bonchev–Trinajstić information content (AvgIpc) is 2.25. The average molecular weight is 284 g/mol. The van der Waals surface area contributed by atoms with E-state index >= 15 is 0 Å². The van der Waals surface area contributed by atoms with Gasteiger partial charge in [0.1, 0.15) is 5.82 Å². The van der Waals surface area contributed by atoms with Gasteiger partial charge in [-0.1, -0.05) is 0 Å². The summed E-state index contributed by atoms with van der Waals surface area (Å²) in [5, 5.41) is 3.48. The highest BCUT2D eigenvalue weighted by Gasteiger charge is 2.19. The highest BCUT2D eigenvalue weighted by Crippen LogP contribution is 2.25. The van der Waals surface area contributed by atoms with Gasteiger partial charge in [-0.15, -0.1) is 0 Å². The van der Waals surface area contributed by atoms with Gasteiger partial charge >= 0.3 is 0 Å². The summed E-state index contributed by atoms with van der Waals surface area (Å²) in [6.45, 7) is 2.04. The number of anilines is 1. The van der Waals surface area contributed by atoms with Crippen molar-refractivity contribution >= 4 is 21.7 Å². The number of aromatic nitrogens is 1. The molecule has 0 bridgehead atoms. The molecule has 1 aliphatic rings. The molecule has 0 aromatic carbocycles. The Labute approximate surface area is 105 Å². The van der Waals surface area contributed by atoms with Crippen LogP contribution >= 0.6 is 15.9 Å². The van der Waals surface area contributed by atoms with Gasteiger partial charge in [-0.05, 0) is 60.2 Å². The zero-order valence-electron chi connectivity index (χ0n) is 9.54. The van der Waals surface area contributed by atoms with E-state index in [0.29, 0.717) is 12.1 Å². The normalized spacial score (nSPS) is 25.4. The number of hydrogen-bond acceptors (Lipinski definition) is 3. The van der Waals surface area contributed by atoms with Gasteiger partial charge in [0.15, 0.2) is 0 Å². The van der Waals surface area contributed by atoms with Gasteiger partial charge in [-0.25, -0.2) is 4.98 Å². The topological polar surface area (TPSA) is 50.9 Å². The van der Waals surface area contributed by atoms with E-state index in [1.165, 1.54) is 5.56 Å². The largest absolute Gasteiger partial charge is 0.366 e. The summed E-state index contributed by atoms with van der Waals surface area (Å²) in [6.07, 6.45) is 6.40. The minimum Gasteiger partial charge on any atom is -0.366 e. The van der Waals surface area contributed by atoms with Crippen LogP contribution in [0.5, 0.6) is 0 Å². The van der Waals surface area contributed by atoms with E-state index in [1.54, 1.807) is 0 Å². The van der Waals surface area contributed by atoms with Gasteiger partial charge < -0.3 is 11.1 Å². The zero-order chi connectivity index (χ0) is 11.5. The van der Waals surface area contributed by atoms with E-state index in [9.17, 15) is 0 Å². The van der Waals surface area contributed by atoms with Crippen molar-refractivity contribution in [2.75, 3.05) is 5.32 Å². The van der Waals surface area contributed by atoms with Crippen LogP contribution in [-0.2, 0) is 0 Å². The first-order chi connectivity index (χ1) is 7.65. The quantitative estimate of drug-likeness (QED) is 0.878. The lowest BCUT2D eigenvalue weighted by molar-refractivity contribution is 0.410. The fourth-order valence-corrected chi connectivity index (χ4v) is 2.67. The van der Waals surface area contributed by atoms with Crippen molar-refractivity contribution in [3.8, 4) is 0 Å². The first-order valence-corrected chi connectivity index (χ1v) is 6.58. The van der Waals surface area contributed by atoms with Crippen molar-refractivity contribution < 1.29 is 0 Å². The minimum absolute atomic E-state index is 0.396. The fraction of sp³-hybridized carbons (Fsp3) is 0.583. The lowest BCUT2D eigenvalue weighted by Gasteiger charge is -2.27. The third kappa shape index (κ3) is 2.95. The third-order valence-electron chi connectivity index (χ3n) is 3.09. The highest BCUT2D eigenvalue weighted by molar-refractivity contribution is 9.10. The Morgan fingerprint density at radius 3 is 2.69 bits per heavy atom. The van der Waals surface area contributed by atoms with Crippen LogP contribution in [0.1, 0.15) is 31.2 Å². The van der Waals surface area contributed by atoms with Crippen LogP contribution in [-0.4, -0.2) is 17.1 Å². The molecule has 1 aliphatic carbocycles. The van der Waals surface area contributed by atoms with Crippen molar-refractivity contribution in [3.05, 3.63) is 22.3 Å². The molecule has 88 valence electrons. The van der Waals surface area contributed by atoms with Gasteiger partial charge in [0, 0.05) is 18.3 Å². The number of hydrogen-bond donors (Lipinski definition) is 2. The molecule has 0 aliphatic heterocycles. The Balaban J connectivity index is 1.98. The molecule has 0 unspecified atom stereocenters. The fourth-order valence-electron chi connectivity index (χ4n) is 2.10. The molecule has 2 rings (SSSR count). The Morgan fingerprint density at radius 1 is 1.38 bits per heavy atom. The lowest BCUT2D eigenvalue weighted by Crippen LogP contribution is -2.33. The Morgan fingerprint density at radius 2 is 2.06 bits per heavy atom. The molecule has 0 saturated heterocycles. The summed E-state index contributed by atoms with van der Waals surface area (Å²) in [5.41, 5.74) is 7.06. The number of aryl methyl sites for hydroxylation is 1. The van der Waals surface area contributed by atoms with Crippen LogP contribution in [0.4, 0.5) is 5.82 Å². The predicted molar refractivity (Wildman–Crippen MR) is 70.5 cm³/mol. The maximum atomic E-state index is 5.89. The van der Waals surface area contributed by atoms with Crippen molar-refractivity contribution in [2.45, 2.75) is 44.7 Å². The maximum absolute atomic E-state index is 5.89. The monoisotopic (exact) mass is 283 g/mol. The van der Waals surface area contributed by atoms with Gasteiger partial charge in [0.05, 0.1) is 4.47 Å². The lowest BCUT2D eigenvalue weighted by atomic mass is 9.92. The van der Waals surface area contributed by atoms with E-state index in [0.717, 1.165) is 36.0 Å². The molecule has 3 nitrogen and oxygen atoms in total. The molecule has 1 saturated carbocycles. The van der Waals surface area contributed by atoms with Crippen molar-refractivity contribution in [2.24, 2.45) is 5.73 Å². The molecule has 0 radical (unpaired) electrons. The van der Waals surface area contributed by atoms with Gasteiger partial charge in [0.25, 0.3) is 0 Å². The molecule has 0 atom stereocenters. The Hall–Kier alpha value is -0.610. The number of nitrogens with one attached hydrogen (secondary N) is 1. The minimum atomic E-state index is 0.396. The van der Waals surface area contributed by atoms with Gasteiger partial charge in [-0.2, -0.15) is 0 Å². The maximum Gasteiger partial charge on any atom is 0.140 e. The van der Waals surface area contributed by atoms with Crippen molar-refractivity contribution in [1.29, 1.82) is 0 Å². The van der Waals surface area contributed by atoms with E-state index in [2.05, 4.69) is 32.3 Å². The number of rotatable bonds is 2. The predicted octanol–water partition coefficient (Wildman–Crippen LogP) is 2.83. The Bertz CT molecular complexity index is 359. The summed E-state index contributed by atoms with van der Waals surface area (Å²) < 4.78 is 1.04. The van der Waals surface area contributed by atoms with E-state index in [-0.39, 0.29) is 0 Å².